The van der Waals surface area contributed by atoms with Crippen LogP contribution < -0.4 is 0 Å². The molecule has 0 spiro atoms. The minimum atomic E-state index is 0.262. The molecule has 4 heteroatoms. The van der Waals surface area contributed by atoms with Gasteiger partial charge in [0.05, 0.1) is 12.7 Å². The second-order valence-corrected chi connectivity index (χ2v) is 7.54. The van der Waals surface area contributed by atoms with E-state index in [0.717, 1.165) is 26.2 Å². The number of morpholine rings is 1. The molecule has 0 unspecified atom stereocenters. The van der Waals surface area contributed by atoms with Gasteiger partial charge in [-0.3, -0.25) is 14.7 Å². The van der Waals surface area contributed by atoms with Gasteiger partial charge in [0.25, 0.3) is 0 Å². The largest absolute Gasteiger partial charge is 0.374 e. The van der Waals surface area contributed by atoms with E-state index in [1.807, 2.05) is 0 Å². The maximum absolute atomic E-state index is 5.98. The van der Waals surface area contributed by atoms with Crippen LogP contribution >= 0.6 is 0 Å². The third-order valence-electron chi connectivity index (χ3n) is 4.69. The Balaban J connectivity index is 1.77. The van der Waals surface area contributed by atoms with E-state index in [4.69, 9.17) is 4.74 Å². The number of ether oxygens (including phenoxy) is 1. The van der Waals surface area contributed by atoms with Gasteiger partial charge in [0, 0.05) is 57.4 Å². The van der Waals surface area contributed by atoms with Crippen molar-refractivity contribution >= 4 is 0 Å². The molecule has 2 aliphatic rings. The van der Waals surface area contributed by atoms with E-state index < -0.39 is 0 Å². The molecule has 0 aromatic rings. The fraction of sp³-hybridized carbons (Fsp3) is 1.00. The zero-order valence-electron chi connectivity index (χ0n) is 14.1. The van der Waals surface area contributed by atoms with Gasteiger partial charge in [0.15, 0.2) is 0 Å². The summed E-state index contributed by atoms with van der Waals surface area (Å²) in [5.41, 5.74) is 0.262. The molecule has 0 amide bonds. The molecule has 2 saturated heterocycles. The molecule has 0 radical (unpaired) electrons. The third kappa shape index (κ3) is 4.42. The molecule has 0 aromatic carbocycles. The van der Waals surface area contributed by atoms with Crippen molar-refractivity contribution in [2.24, 2.45) is 0 Å². The molecule has 0 saturated carbocycles. The van der Waals surface area contributed by atoms with Crippen molar-refractivity contribution in [1.29, 1.82) is 0 Å². The van der Waals surface area contributed by atoms with Gasteiger partial charge in [0.1, 0.15) is 0 Å². The Bertz CT molecular complexity index is 293. The Labute approximate surface area is 125 Å². The fourth-order valence-electron chi connectivity index (χ4n) is 3.19. The molecular weight excluding hydrogens is 250 g/mol. The van der Waals surface area contributed by atoms with Crippen LogP contribution in [0.4, 0.5) is 0 Å². The lowest BCUT2D eigenvalue weighted by atomic mass is 10.0. The highest BCUT2D eigenvalue weighted by atomic mass is 16.5. The van der Waals surface area contributed by atoms with Crippen LogP contribution in [0.2, 0.25) is 0 Å². The standard InChI is InChI=1S/C16H33N3O/c1-14(2)18-8-6-17(7-9-18)12-15-13-19(10-11-20-15)16(3,4)5/h14-15H,6-13H2,1-5H3/t15-/m0/s1. The summed E-state index contributed by atoms with van der Waals surface area (Å²) in [5.74, 6) is 0. The highest BCUT2D eigenvalue weighted by molar-refractivity contribution is 4.84. The molecule has 4 nitrogen and oxygen atoms in total. The third-order valence-corrected chi connectivity index (χ3v) is 4.69. The van der Waals surface area contributed by atoms with E-state index in [9.17, 15) is 0 Å². The van der Waals surface area contributed by atoms with Crippen LogP contribution in [-0.4, -0.2) is 84.8 Å². The van der Waals surface area contributed by atoms with E-state index in [0.29, 0.717) is 12.1 Å². The average molecular weight is 283 g/mol. The van der Waals surface area contributed by atoms with Crippen LogP contribution in [0.5, 0.6) is 0 Å². The number of hydrogen-bond donors (Lipinski definition) is 0. The first-order valence-electron chi connectivity index (χ1n) is 8.19. The van der Waals surface area contributed by atoms with E-state index in [-0.39, 0.29) is 5.54 Å². The average Bonchev–Trinajstić information content (AvgIpc) is 2.38. The van der Waals surface area contributed by atoms with Crippen LogP contribution in [0.25, 0.3) is 0 Å². The first kappa shape index (κ1) is 16.2. The van der Waals surface area contributed by atoms with E-state index >= 15 is 0 Å². The lowest BCUT2D eigenvalue weighted by molar-refractivity contribution is -0.0728. The van der Waals surface area contributed by atoms with E-state index in [2.05, 4.69) is 49.3 Å². The Hall–Kier alpha value is -0.160. The van der Waals surface area contributed by atoms with Gasteiger partial charge < -0.3 is 4.74 Å². The number of piperazine rings is 1. The smallest absolute Gasteiger partial charge is 0.0829 e. The molecule has 2 rings (SSSR count). The Morgan fingerprint density at radius 1 is 1.05 bits per heavy atom. The van der Waals surface area contributed by atoms with Crippen molar-refractivity contribution < 1.29 is 4.74 Å². The van der Waals surface area contributed by atoms with Gasteiger partial charge in [-0.1, -0.05) is 0 Å². The number of nitrogens with zero attached hydrogens (tertiary/aromatic N) is 3. The van der Waals surface area contributed by atoms with Gasteiger partial charge in [-0.15, -0.1) is 0 Å². The molecule has 2 heterocycles. The normalized spacial score (nSPS) is 28.2. The van der Waals surface area contributed by atoms with Gasteiger partial charge >= 0.3 is 0 Å². The van der Waals surface area contributed by atoms with Crippen LogP contribution in [0.15, 0.2) is 0 Å². The Kier molecular flexibility index (Phi) is 5.46. The topological polar surface area (TPSA) is 19.0 Å². The Morgan fingerprint density at radius 3 is 2.25 bits per heavy atom. The zero-order valence-corrected chi connectivity index (χ0v) is 14.1. The number of hydrogen-bond acceptors (Lipinski definition) is 4. The second-order valence-electron chi connectivity index (χ2n) is 7.54. The fourth-order valence-corrected chi connectivity index (χ4v) is 3.19. The molecule has 1 atom stereocenters. The van der Waals surface area contributed by atoms with Crippen molar-refractivity contribution in [2.75, 3.05) is 52.4 Å². The summed E-state index contributed by atoms with van der Waals surface area (Å²) in [6.07, 6.45) is 0.383. The molecule has 118 valence electrons. The molecule has 0 aromatic heterocycles. The monoisotopic (exact) mass is 283 g/mol. The van der Waals surface area contributed by atoms with Crippen LogP contribution in [0, 0.1) is 0 Å². The van der Waals surface area contributed by atoms with Gasteiger partial charge in [0.2, 0.25) is 0 Å². The lowest BCUT2D eigenvalue weighted by Gasteiger charge is -2.44. The van der Waals surface area contributed by atoms with Gasteiger partial charge in [-0.25, -0.2) is 0 Å². The predicted molar refractivity (Wildman–Crippen MR) is 84.2 cm³/mol. The maximum Gasteiger partial charge on any atom is 0.0829 e. The predicted octanol–water partition coefficient (Wildman–Crippen LogP) is 1.51. The Morgan fingerprint density at radius 2 is 1.70 bits per heavy atom. The molecule has 2 aliphatic heterocycles. The molecular formula is C16H33N3O. The summed E-state index contributed by atoms with van der Waals surface area (Å²) in [6.45, 7) is 20.4. The first-order chi connectivity index (χ1) is 9.36. The van der Waals surface area contributed by atoms with Crippen LogP contribution in [0.3, 0.4) is 0 Å². The molecule has 2 fully saturated rings. The van der Waals surface area contributed by atoms with Gasteiger partial charge in [-0.05, 0) is 34.6 Å². The van der Waals surface area contributed by atoms with Crippen molar-refractivity contribution in [3.8, 4) is 0 Å². The van der Waals surface area contributed by atoms with Crippen LogP contribution in [-0.2, 0) is 4.74 Å². The van der Waals surface area contributed by atoms with E-state index in [1.165, 1.54) is 26.2 Å². The van der Waals surface area contributed by atoms with Crippen molar-refractivity contribution in [3.05, 3.63) is 0 Å². The molecule has 20 heavy (non-hydrogen) atoms. The number of rotatable bonds is 3. The highest BCUT2D eigenvalue weighted by Crippen LogP contribution is 2.18. The van der Waals surface area contributed by atoms with Crippen molar-refractivity contribution in [1.82, 2.24) is 14.7 Å². The highest BCUT2D eigenvalue weighted by Gasteiger charge is 2.30. The van der Waals surface area contributed by atoms with E-state index in [1.54, 1.807) is 0 Å². The molecule has 0 N–H and O–H groups in total. The summed E-state index contributed by atoms with van der Waals surface area (Å²) < 4.78 is 5.98. The van der Waals surface area contributed by atoms with Crippen molar-refractivity contribution in [3.63, 3.8) is 0 Å². The first-order valence-corrected chi connectivity index (χ1v) is 8.19. The van der Waals surface area contributed by atoms with Gasteiger partial charge in [-0.2, -0.15) is 0 Å². The van der Waals surface area contributed by atoms with Crippen molar-refractivity contribution in [2.45, 2.75) is 52.3 Å². The molecule has 0 bridgehead atoms. The minimum absolute atomic E-state index is 0.262. The maximum atomic E-state index is 5.98. The summed E-state index contributed by atoms with van der Waals surface area (Å²) in [7, 11) is 0. The second kappa shape index (κ2) is 6.73. The SMILES string of the molecule is CC(C)N1CCN(C[C@H]2CN(C(C)(C)C)CCO2)CC1. The summed E-state index contributed by atoms with van der Waals surface area (Å²) in [4.78, 5) is 7.71. The molecule has 0 aliphatic carbocycles. The quantitative estimate of drug-likeness (QED) is 0.781. The summed E-state index contributed by atoms with van der Waals surface area (Å²) in [6, 6.07) is 0.680. The summed E-state index contributed by atoms with van der Waals surface area (Å²) >= 11 is 0. The zero-order chi connectivity index (χ0) is 14.8. The summed E-state index contributed by atoms with van der Waals surface area (Å²) in [5, 5.41) is 0. The van der Waals surface area contributed by atoms with Crippen LogP contribution in [0.1, 0.15) is 34.6 Å². The minimum Gasteiger partial charge on any atom is -0.374 e. The lowest BCUT2D eigenvalue weighted by Crippen LogP contribution is -2.56.